The maximum absolute atomic E-state index is 12.3. The molecule has 2 fully saturated rings. The third-order valence-electron chi connectivity index (χ3n) is 5.00. The van der Waals surface area contributed by atoms with E-state index < -0.39 is 0 Å². The molecule has 2 amide bonds. The van der Waals surface area contributed by atoms with E-state index in [0.29, 0.717) is 12.5 Å². The third kappa shape index (κ3) is 3.27. The molecule has 1 N–H and O–H groups in total. The Balaban J connectivity index is 1.82. The van der Waals surface area contributed by atoms with E-state index in [-0.39, 0.29) is 43.0 Å². The van der Waals surface area contributed by atoms with Gasteiger partial charge in [0.2, 0.25) is 11.8 Å². The highest BCUT2D eigenvalue weighted by Gasteiger charge is 2.54. The molecule has 0 saturated carbocycles. The zero-order valence-corrected chi connectivity index (χ0v) is 14.9. The van der Waals surface area contributed by atoms with Crippen LogP contribution in [0.5, 0.6) is 0 Å². The monoisotopic (exact) mass is 340 g/mol. The van der Waals surface area contributed by atoms with E-state index >= 15 is 0 Å². The van der Waals surface area contributed by atoms with Crippen LogP contribution >= 0.6 is 0 Å². The topological polar surface area (TPSA) is 60.9 Å². The lowest BCUT2D eigenvalue weighted by Crippen LogP contribution is -2.73. The van der Waals surface area contributed by atoms with Gasteiger partial charge in [0.15, 0.2) is 0 Å². The van der Waals surface area contributed by atoms with Gasteiger partial charge in [0, 0.05) is 30.9 Å². The minimum absolute atomic E-state index is 0.0446. The molecule has 25 heavy (non-hydrogen) atoms. The summed E-state index contributed by atoms with van der Waals surface area (Å²) in [6.45, 7) is 6.16. The number of amides is 2. The van der Waals surface area contributed by atoms with Crippen molar-refractivity contribution >= 4 is 11.8 Å². The number of hydrogen-bond acceptors (Lipinski definition) is 3. The largest absolute Gasteiger partial charge is 0.394 e. The number of hydrogen-bond donors (Lipinski definition) is 1. The van der Waals surface area contributed by atoms with Crippen molar-refractivity contribution in [3.05, 3.63) is 35.4 Å². The lowest BCUT2D eigenvalue weighted by Gasteiger charge is -2.58. The van der Waals surface area contributed by atoms with E-state index in [1.807, 2.05) is 24.3 Å². The van der Waals surface area contributed by atoms with Crippen molar-refractivity contribution in [3.63, 3.8) is 0 Å². The maximum atomic E-state index is 12.3. The van der Waals surface area contributed by atoms with Crippen molar-refractivity contribution in [2.75, 3.05) is 19.7 Å². The van der Waals surface area contributed by atoms with Gasteiger partial charge in [0.1, 0.15) is 0 Å². The summed E-state index contributed by atoms with van der Waals surface area (Å²) in [7, 11) is 0. The normalized spacial score (nSPS) is 25.2. The smallest absolute Gasteiger partial charge is 0.242 e. The summed E-state index contributed by atoms with van der Waals surface area (Å²) in [5, 5.41) is 9.75. The molecule has 0 aromatic heterocycles. The minimum atomic E-state index is -0.209. The average molecular weight is 340 g/mol. The Bertz CT molecular complexity index is 730. The van der Waals surface area contributed by atoms with Gasteiger partial charge in [0.25, 0.3) is 0 Å². The summed E-state index contributed by atoms with van der Waals surface area (Å²) in [5.74, 6) is 6.48. The molecule has 0 aliphatic carbocycles. The Kier molecular flexibility index (Phi) is 4.82. The molecule has 2 heterocycles. The molecule has 3 rings (SSSR count). The Morgan fingerprint density at radius 3 is 2.56 bits per heavy atom. The lowest BCUT2D eigenvalue weighted by molar-refractivity contribution is -0.166. The van der Waals surface area contributed by atoms with Crippen LogP contribution in [0.4, 0.5) is 0 Å². The molecule has 1 aromatic rings. The zero-order valence-electron chi connectivity index (χ0n) is 14.9. The first kappa shape index (κ1) is 17.5. The van der Waals surface area contributed by atoms with Crippen molar-refractivity contribution in [2.45, 2.75) is 38.8 Å². The van der Waals surface area contributed by atoms with Gasteiger partial charge in [-0.1, -0.05) is 37.8 Å². The van der Waals surface area contributed by atoms with Crippen LogP contribution in [0, 0.1) is 17.8 Å². The highest BCUT2D eigenvalue weighted by Crippen LogP contribution is 2.42. The predicted octanol–water partition coefficient (Wildman–Crippen LogP) is 1.21. The third-order valence-corrected chi connectivity index (χ3v) is 5.00. The molecule has 5 heteroatoms. The van der Waals surface area contributed by atoms with Crippen molar-refractivity contribution in [1.29, 1.82) is 0 Å². The highest BCUT2D eigenvalue weighted by molar-refractivity contribution is 5.87. The van der Waals surface area contributed by atoms with E-state index in [1.54, 1.807) is 9.80 Å². The molecule has 1 aromatic carbocycles. The SMILES string of the molecule is CC(=O)N1CC(=O)N2[C@H](CO)[C@H](c3ccc(C#CC(C)C)cc3)[C@@H]2C1. The second kappa shape index (κ2) is 6.89. The van der Waals surface area contributed by atoms with Gasteiger partial charge < -0.3 is 14.9 Å². The Morgan fingerprint density at radius 1 is 1.32 bits per heavy atom. The summed E-state index contributed by atoms with van der Waals surface area (Å²) in [6, 6.07) is 7.73. The van der Waals surface area contributed by atoms with Crippen LogP contribution in [0.15, 0.2) is 24.3 Å². The second-order valence-corrected chi connectivity index (χ2v) is 7.09. The number of fused-ring (bicyclic) bond motifs is 1. The fourth-order valence-corrected chi connectivity index (χ4v) is 3.76. The first-order valence-corrected chi connectivity index (χ1v) is 8.71. The van der Waals surface area contributed by atoms with Gasteiger partial charge >= 0.3 is 0 Å². The van der Waals surface area contributed by atoms with Gasteiger partial charge in [-0.15, -0.1) is 0 Å². The highest BCUT2D eigenvalue weighted by atomic mass is 16.3. The molecule has 2 aliphatic rings. The Hall–Kier alpha value is -2.32. The van der Waals surface area contributed by atoms with Crippen molar-refractivity contribution in [1.82, 2.24) is 9.80 Å². The number of rotatable bonds is 2. The van der Waals surface area contributed by atoms with Crippen LogP contribution in [-0.4, -0.2) is 58.5 Å². The summed E-state index contributed by atoms with van der Waals surface area (Å²) in [4.78, 5) is 27.3. The zero-order chi connectivity index (χ0) is 18.1. The molecule has 3 atom stereocenters. The molecular formula is C20H24N2O3. The molecule has 2 aliphatic heterocycles. The maximum Gasteiger partial charge on any atom is 0.242 e. The number of aliphatic hydroxyl groups is 1. The molecule has 0 bridgehead atoms. The number of nitrogens with zero attached hydrogens (tertiary/aromatic N) is 2. The first-order valence-electron chi connectivity index (χ1n) is 8.71. The minimum Gasteiger partial charge on any atom is -0.394 e. The van der Waals surface area contributed by atoms with Crippen LogP contribution in [-0.2, 0) is 9.59 Å². The molecule has 0 radical (unpaired) electrons. The van der Waals surface area contributed by atoms with Crippen molar-refractivity contribution < 1.29 is 14.7 Å². The van der Waals surface area contributed by atoms with Crippen LogP contribution in [0.25, 0.3) is 0 Å². The first-order chi connectivity index (χ1) is 11.9. The number of benzene rings is 1. The fourth-order valence-electron chi connectivity index (χ4n) is 3.76. The van der Waals surface area contributed by atoms with E-state index in [0.717, 1.165) is 11.1 Å². The number of aliphatic hydroxyl groups excluding tert-OH is 1. The molecular weight excluding hydrogens is 316 g/mol. The van der Waals surface area contributed by atoms with Crippen molar-refractivity contribution in [3.8, 4) is 11.8 Å². The van der Waals surface area contributed by atoms with E-state index in [9.17, 15) is 14.7 Å². The molecule has 5 nitrogen and oxygen atoms in total. The Labute approximate surface area is 148 Å². The van der Waals surface area contributed by atoms with Crippen LogP contribution in [0.3, 0.4) is 0 Å². The molecule has 2 saturated heterocycles. The van der Waals surface area contributed by atoms with Crippen molar-refractivity contribution in [2.24, 2.45) is 5.92 Å². The summed E-state index contributed by atoms with van der Waals surface area (Å²) < 4.78 is 0. The van der Waals surface area contributed by atoms with E-state index in [2.05, 4.69) is 25.7 Å². The average Bonchev–Trinajstić information content (AvgIpc) is 2.55. The van der Waals surface area contributed by atoms with E-state index in [1.165, 1.54) is 6.92 Å². The molecule has 132 valence electrons. The fraction of sp³-hybridized carbons (Fsp3) is 0.500. The van der Waals surface area contributed by atoms with Gasteiger partial charge in [-0.2, -0.15) is 0 Å². The number of piperazine rings is 1. The van der Waals surface area contributed by atoms with Gasteiger partial charge in [-0.05, 0) is 17.7 Å². The predicted molar refractivity (Wildman–Crippen MR) is 94.7 cm³/mol. The molecule has 0 spiro atoms. The Morgan fingerprint density at radius 2 is 2.00 bits per heavy atom. The van der Waals surface area contributed by atoms with Gasteiger partial charge in [-0.3, -0.25) is 9.59 Å². The number of carbonyl (C=O) groups is 2. The summed E-state index contributed by atoms with van der Waals surface area (Å²) >= 11 is 0. The van der Waals surface area contributed by atoms with Gasteiger partial charge in [0.05, 0.1) is 25.2 Å². The van der Waals surface area contributed by atoms with Gasteiger partial charge in [-0.25, -0.2) is 0 Å². The van der Waals surface area contributed by atoms with Crippen LogP contribution < -0.4 is 0 Å². The lowest BCUT2D eigenvalue weighted by atomic mass is 9.73. The summed E-state index contributed by atoms with van der Waals surface area (Å²) in [5.41, 5.74) is 2.04. The van der Waals surface area contributed by atoms with E-state index in [4.69, 9.17) is 0 Å². The van der Waals surface area contributed by atoms with Crippen LogP contribution in [0.2, 0.25) is 0 Å². The molecule has 0 unspecified atom stereocenters. The standard InChI is InChI=1S/C20H24N2O3/c1-13(2)4-5-15-6-8-16(9-7-15)20-17-10-21(14(3)24)11-19(25)22(17)18(20)12-23/h6-9,13,17-18,20,23H,10-12H2,1-3H3/t17-,18+,20+/m0/s1. The van der Waals surface area contributed by atoms with Crippen LogP contribution in [0.1, 0.15) is 37.8 Å². The second-order valence-electron chi connectivity index (χ2n) is 7.09. The number of carbonyl (C=O) groups excluding carboxylic acids is 2. The summed E-state index contributed by atoms with van der Waals surface area (Å²) in [6.07, 6.45) is 0. The quantitative estimate of drug-likeness (QED) is 0.824.